The summed E-state index contributed by atoms with van der Waals surface area (Å²) in [4.78, 5) is 4.13. The van der Waals surface area contributed by atoms with Crippen molar-refractivity contribution in [1.29, 1.82) is 0 Å². The van der Waals surface area contributed by atoms with Crippen LogP contribution < -0.4 is 5.32 Å². The fourth-order valence-corrected chi connectivity index (χ4v) is 3.11. The minimum Gasteiger partial charge on any atom is -0.309 e. The highest BCUT2D eigenvalue weighted by molar-refractivity contribution is 7.99. The highest BCUT2D eigenvalue weighted by Gasteiger charge is 2.35. The highest BCUT2D eigenvalue weighted by atomic mass is 32.2. The Morgan fingerprint density at radius 3 is 2.67 bits per heavy atom. The summed E-state index contributed by atoms with van der Waals surface area (Å²) in [5.41, 5.74) is 0. The van der Waals surface area contributed by atoms with Crippen LogP contribution in [0.3, 0.4) is 0 Å². The van der Waals surface area contributed by atoms with Crippen molar-refractivity contribution >= 4 is 23.1 Å². The van der Waals surface area contributed by atoms with Gasteiger partial charge in [0.2, 0.25) is 0 Å². The zero-order chi connectivity index (χ0) is 13.6. The van der Waals surface area contributed by atoms with Gasteiger partial charge in [-0.3, -0.25) is 0 Å². The van der Waals surface area contributed by atoms with Crippen molar-refractivity contribution in [3.05, 3.63) is 16.1 Å². The molecule has 1 N–H and O–H groups in total. The van der Waals surface area contributed by atoms with E-state index in [-0.39, 0.29) is 6.04 Å². The molecule has 0 aliphatic rings. The molecule has 0 fully saturated rings. The smallest absolute Gasteiger partial charge is 0.309 e. The molecule has 0 amide bonds. The van der Waals surface area contributed by atoms with Gasteiger partial charge in [-0.05, 0) is 18.7 Å². The molecule has 1 aromatic rings. The van der Waals surface area contributed by atoms with Crippen LogP contribution in [0.2, 0.25) is 0 Å². The van der Waals surface area contributed by atoms with E-state index in [0.717, 1.165) is 35.8 Å². The van der Waals surface area contributed by atoms with Gasteiger partial charge in [-0.2, -0.15) is 24.9 Å². The first-order chi connectivity index (χ1) is 8.49. The molecule has 1 heterocycles. The van der Waals surface area contributed by atoms with E-state index in [1.54, 1.807) is 11.8 Å². The molecule has 1 aromatic heterocycles. The maximum Gasteiger partial charge on any atom is 0.443 e. The summed E-state index contributed by atoms with van der Waals surface area (Å²) >= 11 is 2.45. The Hall–Kier alpha value is -0.270. The minimum atomic E-state index is -4.34. The molecule has 0 saturated heterocycles. The molecule has 0 radical (unpaired) electrons. The van der Waals surface area contributed by atoms with Crippen LogP contribution in [0.5, 0.6) is 0 Å². The number of rotatable bonds is 7. The van der Waals surface area contributed by atoms with E-state index < -0.39 is 11.2 Å². The molecule has 7 heteroatoms. The van der Waals surface area contributed by atoms with E-state index in [1.807, 2.05) is 13.8 Å². The van der Waals surface area contributed by atoms with Crippen LogP contribution in [0.1, 0.15) is 36.2 Å². The van der Waals surface area contributed by atoms with Crippen LogP contribution in [0.4, 0.5) is 13.2 Å². The molecule has 104 valence electrons. The van der Waals surface area contributed by atoms with E-state index in [9.17, 15) is 13.2 Å². The lowest BCUT2D eigenvalue weighted by molar-refractivity contribution is -0.137. The molecule has 1 unspecified atom stereocenters. The van der Waals surface area contributed by atoms with Gasteiger partial charge in [0.05, 0.1) is 6.04 Å². The van der Waals surface area contributed by atoms with E-state index in [0.29, 0.717) is 4.88 Å². The lowest BCUT2D eigenvalue weighted by Gasteiger charge is -2.15. The fraction of sp³-hybridized carbons (Fsp3) is 0.727. The lowest BCUT2D eigenvalue weighted by Crippen LogP contribution is -2.23. The van der Waals surface area contributed by atoms with Gasteiger partial charge in [0.1, 0.15) is 0 Å². The van der Waals surface area contributed by atoms with Crippen molar-refractivity contribution in [1.82, 2.24) is 10.3 Å². The van der Waals surface area contributed by atoms with E-state index >= 15 is 0 Å². The van der Waals surface area contributed by atoms with Crippen molar-refractivity contribution in [3.63, 3.8) is 0 Å². The van der Waals surface area contributed by atoms with Gasteiger partial charge in [0.25, 0.3) is 0 Å². The standard InChI is InChI=1S/C11H17F3N2S2/c1-3-5-15-8(7-17-4-2)9-6-16-10(18-9)11(12,13)14/h6,8,15H,3-5,7H2,1-2H3. The molecule has 0 bridgehead atoms. The number of nitrogens with one attached hydrogen (secondary N) is 1. The van der Waals surface area contributed by atoms with Gasteiger partial charge in [-0.1, -0.05) is 13.8 Å². The van der Waals surface area contributed by atoms with Crippen molar-refractivity contribution in [3.8, 4) is 0 Å². The zero-order valence-corrected chi connectivity index (χ0v) is 12.0. The number of hydrogen-bond donors (Lipinski definition) is 1. The lowest BCUT2D eigenvalue weighted by atomic mass is 10.3. The maximum atomic E-state index is 12.5. The van der Waals surface area contributed by atoms with Gasteiger partial charge < -0.3 is 5.32 Å². The van der Waals surface area contributed by atoms with Crippen LogP contribution in [-0.4, -0.2) is 23.0 Å². The van der Waals surface area contributed by atoms with Crippen LogP contribution >= 0.6 is 23.1 Å². The number of thiazole rings is 1. The van der Waals surface area contributed by atoms with Gasteiger partial charge in [0.15, 0.2) is 5.01 Å². The maximum absolute atomic E-state index is 12.5. The molecule has 1 rings (SSSR count). The second-order valence-electron chi connectivity index (χ2n) is 3.73. The quantitative estimate of drug-likeness (QED) is 0.825. The van der Waals surface area contributed by atoms with Gasteiger partial charge in [0, 0.05) is 16.8 Å². The first kappa shape index (κ1) is 15.8. The van der Waals surface area contributed by atoms with Crippen molar-refractivity contribution < 1.29 is 13.2 Å². The van der Waals surface area contributed by atoms with Crippen LogP contribution in [0.25, 0.3) is 0 Å². The van der Waals surface area contributed by atoms with E-state index in [2.05, 4.69) is 10.3 Å². The Balaban J connectivity index is 2.74. The number of hydrogen-bond acceptors (Lipinski definition) is 4. The number of alkyl halides is 3. The molecule has 18 heavy (non-hydrogen) atoms. The summed E-state index contributed by atoms with van der Waals surface area (Å²) in [5.74, 6) is 1.73. The van der Waals surface area contributed by atoms with Gasteiger partial charge in [-0.15, -0.1) is 11.3 Å². The second kappa shape index (κ2) is 7.35. The van der Waals surface area contributed by atoms with Crippen LogP contribution in [0.15, 0.2) is 6.20 Å². The summed E-state index contributed by atoms with van der Waals surface area (Å²) < 4.78 is 37.5. The van der Waals surface area contributed by atoms with E-state index in [4.69, 9.17) is 0 Å². The summed E-state index contributed by atoms with van der Waals surface area (Å²) in [7, 11) is 0. The van der Waals surface area contributed by atoms with Crippen molar-refractivity contribution in [2.45, 2.75) is 32.5 Å². The number of thioether (sulfide) groups is 1. The summed E-state index contributed by atoms with van der Waals surface area (Å²) in [6.07, 6.45) is -2.04. The molecule has 2 nitrogen and oxygen atoms in total. The molecule has 0 saturated carbocycles. The second-order valence-corrected chi connectivity index (χ2v) is 6.11. The number of nitrogens with zero attached hydrogens (tertiary/aromatic N) is 1. The third-order valence-electron chi connectivity index (χ3n) is 2.24. The molecular formula is C11H17F3N2S2. The molecule has 0 aromatic carbocycles. The topological polar surface area (TPSA) is 24.9 Å². The SMILES string of the molecule is CCCNC(CSCC)c1cnc(C(F)(F)F)s1. The third-order valence-corrected chi connectivity index (χ3v) is 4.37. The Bertz CT molecular complexity index is 344. The van der Waals surface area contributed by atoms with Gasteiger partial charge in [-0.25, -0.2) is 4.98 Å². The minimum absolute atomic E-state index is 0.0384. The van der Waals surface area contributed by atoms with Crippen LogP contribution in [-0.2, 0) is 6.18 Å². The molecule has 1 atom stereocenters. The Morgan fingerprint density at radius 1 is 1.44 bits per heavy atom. The first-order valence-electron chi connectivity index (χ1n) is 5.83. The number of aromatic nitrogens is 1. The third kappa shape index (κ3) is 4.78. The Labute approximate surface area is 113 Å². The predicted octanol–water partition coefficient (Wildman–Crippen LogP) is 3.96. The van der Waals surface area contributed by atoms with Crippen LogP contribution in [0, 0.1) is 0 Å². The average molecular weight is 298 g/mol. The van der Waals surface area contributed by atoms with Gasteiger partial charge >= 0.3 is 6.18 Å². The predicted molar refractivity (Wildman–Crippen MR) is 71.1 cm³/mol. The zero-order valence-electron chi connectivity index (χ0n) is 10.4. The molecule has 0 aliphatic carbocycles. The summed E-state index contributed by atoms with van der Waals surface area (Å²) in [5, 5.41) is 2.51. The fourth-order valence-electron chi connectivity index (χ4n) is 1.37. The average Bonchev–Trinajstić information content (AvgIpc) is 2.78. The van der Waals surface area contributed by atoms with E-state index in [1.165, 1.54) is 6.20 Å². The highest BCUT2D eigenvalue weighted by Crippen LogP contribution is 2.34. The normalized spacial score (nSPS) is 13.8. The molecule has 0 spiro atoms. The van der Waals surface area contributed by atoms with Crippen molar-refractivity contribution in [2.24, 2.45) is 0 Å². The largest absolute Gasteiger partial charge is 0.443 e. The molecular weight excluding hydrogens is 281 g/mol. The van der Waals surface area contributed by atoms with Crippen molar-refractivity contribution in [2.75, 3.05) is 18.1 Å². The Morgan fingerprint density at radius 2 is 2.17 bits per heavy atom. The summed E-state index contributed by atoms with van der Waals surface area (Å²) in [6, 6.07) is -0.0384. The Kier molecular flexibility index (Phi) is 6.45. The first-order valence-corrected chi connectivity index (χ1v) is 7.80. The summed E-state index contributed by atoms with van der Waals surface area (Å²) in [6.45, 7) is 4.87. The monoisotopic (exact) mass is 298 g/mol. The molecule has 0 aliphatic heterocycles. The number of halogens is 3.